The van der Waals surface area contributed by atoms with Gasteiger partial charge < -0.3 is 10.5 Å². The van der Waals surface area contributed by atoms with Crippen LogP contribution in [0.3, 0.4) is 0 Å². The summed E-state index contributed by atoms with van der Waals surface area (Å²) < 4.78 is 5.72. The van der Waals surface area contributed by atoms with Crippen LogP contribution < -0.4 is 10.5 Å². The number of nitrogens with zero attached hydrogens (tertiary/aromatic N) is 2. The Morgan fingerprint density at radius 3 is 2.89 bits per heavy atom. The van der Waals surface area contributed by atoms with Crippen LogP contribution in [0.5, 0.6) is 5.75 Å². The lowest BCUT2D eigenvalue weighted by Gasteiger charge is -2.16. The molecule has 0 fully saturated rings. The number of rotatable bonds is 4. The van der Waals surface area contributed by atoms with Gasteiger partial charge in [0.1, 0.15) is 16.8 Å². The molecule has 0 spiro atoms. The second-order valence-corrected chi connectivity index (χ2v) is 4.91. The first-order valence-corrected chi connectivity index (χ1v) is 6.21. The van der Waals surface area contributed by atoms with Crippen molar-refractivity contribution >= 4 is 10.9 Å². The van der Waals surface area contributed by atoms with Gasteiger partial charge in [0.25, 0.3) is 0 Å². The van der Waals surface area contributed by atoms with Gasteiger partial charge in [0.2, 0.25) is 0 Å². The van der Waals surface area contributed by atoms with Gasteiger partial charge in [0, 0.05) is 17.5 Å². The first-order valence-electron chi connectivity index (χ1n) is 6.21. The number of nitriles is 1. The van der Waals surface area contributed by atoms with E-state index >= 15 is 0 Å². The predicted octanol–water partition coefficient (Wildman–Crippen LogP) is 2.55. The number of nitrogens with two attached hydrogens (primary N) is 1. The van der Waals surface area contributed by atoms with Crippen LogP contribution in [0.15, 0.2) is 30.3 Å². The number of ether oxygens (including phenoxy) is 1. The molecule has 0 saturated heterocycles. The van der Waals surface area contributed by atoms with Gasteiger partial charge in [-0.05, 0) is 26.0 Å². The fraction of sp³-hybridized carbons (Fsp3) is 0.333. The van der Waals surface area contributed by atoms with Crippen molar-refractivity contribution < 1.29 is 4.74 Å². The fourth-order valence-corrected chi connectivity index (χ4v) is 1.76. The van der Waals surface area contributed by atoms with Crippen molar-refractivity contribution in [2.75, 3.05) is 6.61 Å². The number of aromatic nitrogens is 1. The number of pyridine rings is 1. The molecule has 0 saturated carbocycles. The number of hydrogen-bond acceptors (Lipinski definition) is 4. The van der Waals surface area contributed by atoms with Gasteiger partial charge in [-0.25, -0.2) is 4.98 Å². The minimum absolute atomic E-state index is 0.398. The van der Waals surface area contributed by atoms with Crippen molar-refractivity contribution in [3.05, 3.63) is 36.0 Å². The predicted molar refractivity (Wildman–Crippen MR) is 74.8 cm³/mol. The van der Waals surface area contributed by atoms with Crippen LogP contribution in [-0.2, 0) is 0 Å². The maximum absolute atomic E-state index is 8.86. The van der Waals surface area contributed by atoms with Crippen molar-refractivity contribution in [3.63, 3.8) is 0 Å². The van der Waals surface area contributed by atoms with Crippen LogP contribution in [0.4, 0.5) is 0 Å². The number of fused-ring (bicyclic) bond motifs is 1. The molecule has 2 aromatic rings. The monoisotopic (exact) mass is 255 g/mol. The van der Waals surface area contributed by atoms with Gasteiger partial charge in [0.05, 0.1) is 12.7 Å². The summed E-state index contributed by atoms with van der Waals surface area (Å²) in [7, 11) is 0. The largest absolute Gasteiger partial charge is 0.491 e. The molecule has 1 heterocycles. The highest BCUT2D eigenvalue weighted by Gasteiger charge is 2.17. The molecule has 1 atom stereocenters. The lowest BCUT2D eigenvalue weighted by atomic mass is 10.0. The van der Waals surface area contributed by atoms with Gasteiger partial charge in [0.15, 0.2) is 0 Å². The maximum atomic E-state index is 8.86. The molecule has 0 amide bonds. The Labute approximate surface area is 112 Å². The van der Waals surface area contributed by atoms with Crippen LogP contribution in [0, 0.1) is 18.3 Å². The van der Waals surface area contributed by atoms with E-state index in [0.717, 1.165) is 22.3 Å². The van der Waals surface area contributed by atoms with Crippen LogP contribution >= 0.6 is 0 Å². The van der Waals surface area contributed by atoms with Crippen LogP contribution in [0.25, 0.3) is 10.9 Å². The Bertz CT molecular complexity index is 629. The second-order valence-electron chi connectivity index (χ2n) is 4.91. The highest BCUT2D eigenvalue weighted by Crippen LogP contribution is 2.24. The second kappa shape index (κ2) is 5.25. The van der Waals surface area contributed by atoms with Gasteiger partial charge in [-0.15, -0.1) is 0 Å². The zero-order chi connectivity index (χ0) is 13.9. The molecule has 4 nitrogen and oxygen atoms in total. The van der Waals surface area contributed by atoms with Gasteiger partial charge >= 0.3 is 0 Å². The van der Waals surface area contributed by atoms with Crippen molar-refractivity contribution in [2.24, 2.45) is 5.73 Å². The molecule has 0 bridgehead atoms. The normalized spacial score (nSPS) is 13.8. The van der Waals surface area contributed by atoms with Gasteiger partial charge in [-0.2, -0.15) is 5.26 Å². The molecule has 0 aliphatic heterocycles. The third-order valence-corrected chi connectivity index (χ3v) is 2.96. The number of aryl methyl sites for hydroxylation is 1. The average molecular weight is 255 g/mol. The first-order chi connectivity index (χ1) is 9.02. The minimum Gasteiger partial charge on any atom is -0.491 e. The van der Waals surface area contributed by atoms with Crippen molar-refractivity contribution in [2.45, 2.75) is 25.8 Å². The maximum Gasteiger partial charge on any atom is 0.145 e. The van der Waals surface area contributed by atoms with Crippen LogP contribution in [0.2, 0.25) is 0 Å². The number of para-hydroxylation sites is 1. The zero-order valence-electron chi connectivity index (χ0n) is 11.2. The van der Waals surface area contributed by atoms with Crippen LogP contribution in [0.1, 0.15) is 19.0 Å². The Morgan fingerprint density at radius 1 is 1.37 bits per heavy atom. The van der Waals surface area contributed by atoms with E-state index in [-0.39, 0.29) is 0 Å². The summed E-state index contributed by atoms with van der Waals surface area (Å²) >= 11 is 0. The molecular formula is C15H17N3O. The lowest BCUT2D eigenvalue weighted by Crippen LogP contribution is -2.35. The molecule has 0 aliphatic carbocycles. The summed E-state index contributed by atoms with van der Waals surface area (Å²) in [5.74, 6) is 0.731. The zero-order valence-corrected chi connectivity index (χ0v) is 11.2. The Morgan fingerprint density at radius 2 is 2.16 bits per heavy atom. The smallest absolute Gasteiger partial charge is 0.145 e. The average Bonchev–Trinajstić information content (AvgIpc) is 2.39. The molecule has 0 aliphatic rings. The molecule has 19 heavy (non-hydrogen) atoms. The minimum atomic E-state index is -0.853. The van der Waals surface area contributed by atoms with Gasteiger partial charge in [-0.1, -0.05) is 18.2 Å². The SMILES string of the molecule is Cc1ccc2cccc(OCCC(C)(N)C#N)c2n1. The van der Waals surface area contributed by atoms with Crippen molar-refractivity contribution in [1.29, 1.82) is 5.26 Å². The highest BCUT2D eigenvalue weighted by atomic mass is 16.5. The molecule has 1 aromatic heterocycles. The van der Waals surface area contributed by atoms with Crippen molar-refractivity contribution in [1.82, 2.24) is 4.98 Å². The molecule has 2 rings (SSSR count). The Hall–Kier alpha value is -2.12. The third-order valence-electron chi connectivity index (χ3n) is 2.96. The summed E-state index contributed by atoms with van der Waals surface area (Å²) in [6.07, 6.45) is 0.478. The quantitative estimate of drug-likeness (QED) is 0.911. The summed E-state index contributed by atoms with van der Waals surface area (Å²) in [4.78, 5) is 4.49. The van der Waals surface area contributed by atoms with E-state index in [9.17, 15) is 0 Å². The molecule has 98 valence electrons. The molecular weight excluding hydrogens is 238 g/mol. The lowest BCUT2D eigenvalue weighted by molar-refractivity contribution is 0.288. The highest BCUT2D eigenvalue weighted by molar-refractivity contribution is 5.84. The van der Waals surface area contributed by atoms with Crippen molar-refractivity contribution in [3.8, 4) is 11.8 Å². The molecule has 0 radical (unpaired) electrons. The van der Waals surface area contributed by atoms with E-state index in [1.807, 2.05) is 37.3 Å². The van der Waals surface area contributed by atoms with E-state index in [1.165, 1.54) is 0 Å². The molecule has 1 aromatic carbocycles. The van der Waals surface area contributed by atoms with Crippen LogP contribution in [-0.4, -0.2) is 17.1 Å². The standard InChI is InChI=1S/C15H17N3O/c1-11-6-7-12-4-3-5-13(14(12)18-11)19-9-8-15(2,17)10-16/h3-7H,8-9,17H2,1-2H3. The topological polar surface area (TPSA) is 71.9 Å². The third kappa shape index (κ3) is 3.21. The Balaban J connectivity index is 2.17. The van der Waals surface area contributed by atoms with E-state index in [4.69, 9.17) is 15.7 Å². The summed E-state index contributed by atoms with van der Waals surface area (Å²) in [6, 6.07) is 11.9. The first kappa shape index (κ1) is 13.3. The molecule has 1 unspecified atom stereocenters. The molecule has 4 heteroatoms. The summed E-state index contributed by atoms with van der Waals surface area (Å²) in [5, 5.41) is 9.90. The number of benzene rings is 1. The van der Waals surface area contributed by atoms with E-state index in [0.29, 0.717) is 13.0 Å². The number of hydrogen-bond donors (Lipinski definition) is 1. The van der Waals surface area contributed by atoms with Gasteiger partial charge in [-0.3, -0.25) is 0 Å². The van der Waals surface area contributed by atoms with E-state index in [1.54, 1.807) is 6.92 Å². The summed E-state index contributed by atoms with van der Waals surface area (Å²) in [5.41, 5.74) is 6.70. The summed E-state index contributed by atoms with van der Waals surface area (Å²) in [6.45, 7) is 4.04. The molecule has 2 N–H and O–H groups in total. The Kier molecular flexibility index (Phi) is 3.68. The van der Waals surface area contributed by atoms with E-state index < -0.39 is 5.54 Å². The fourth-order valence-electron chi connectivity index (χ4n) is 1.76. The van der Waals surface area contributed by atoms with E-state index in [2.05, 4.69) is 11.1 Å².